The molecule has 1 amide bonds. The second-order valence-corrected chi connectivity index (χ2v) is 7.83. The van der Waals surface area contributed by atoms with Crippen LogP contribution in [-0.2, 0) is 5.75 Å². The van der Waals surface area contributed by atoms with Crippen LogP contribution in [0, 0.1) is 5.41 Å². The summed E-state index contributed by atoms with van der Waals surface area (Å²) < 4.78 is 0. The van der Waals surface area contributed by atoms with Crippen molar-refractivity contribution < 1.29 is 4.79 Å². The van der Waals surface area contributed by atoms with Crippen molar-refractivity contribution in [3.63, 3.8) is 0 Å². The molecule has 0 saturated carbocycles. The highest BCUT2D eigenvalue weighted by Crippen LogP contribution is 2.37. The number of benzene rings is 1. The number of halogens is 1. The van der Waals surface area contributed by atoms with Gasteiger partial charge >= 0.3 is 0 Å². The van der Waals surface area contributed by atoms with Crippen LogP contribution in [0.3, 0.4) is 0 Å². The number of nitrogens with zero attached hydrogens (tertiary/aromatic N) is 1. The molecule has 1 N–H and O–H groups in total. The van der Waals surface area contributed by atoms with Gasteiger partial charge in [0.05, 0.1) is 0 Å². The fraction of sp³-hybridized carbons (Fsp3) is 0.611. The largest absolute Gasteiger partial charge is 0.339 e. The lowest BCUT2D eigenvalue weighted by Gasteiger charge is -2.38. The molecule has 0 atom stereocenters. The molecule has 2 heterocycles. The van der Waals surface area contributed by atoms with E-state index in [1.165, 1.54) is 12.0 Å². The van der Waals surface area contributed by atoms with Crippen molar-refractivity contribution >= 4 is 30.1 Å². The quantitative estimate of drug-likeness (QED) is 0.897. The first-order chi connectivity index (χ1) is 10.7. The fourth-order valence-electron chi connectivity index (χ4n) is 3.55. The molecule has 0 aliphatic carbocycles. The molecule has 2 saturated heterocycles. The summed E-state index contributed by atoms with van der Waals surface area (Å²) in [5.74, 6) is 2.37. The SMILES string of the molecule is CCSCc1ccc(C(=O)N2CCC3(CCNC3)CC2)cc1.Cl. The number of amides is 1. The van der Waals surface area contributed by atoms with Gasteiger partial charge in [-0.15, -0.1) is 12.4 Å². The number of hydrogen-bond donors (Lipinski definition) is 1. The van der Waals surface area contributed by atoms with Crippen molar-refractivity contribution in [1.82, 2.24) is 10.2 Å². The molecular formula is C18H27ClN2OS. The molecule has 3 rings (SSSR count). The Labute approximate surface area is 150 Å². The Morgan fingerprint density at radius 2 is 1.91 bits per heavy atom. The highest BCUT2D eigenvalue weighted by Gasteiger charge is 2.38. The number of likely N-dealkylation sites (tertiary alicyclic amines) is 1. The zero-order chi connectivity index (χ0) is 15.4. The molecule has 2 aliphatic heterocycles. The van der Waals surface area contributed by atoms with Crippen LogP contribution in [0.25, 0.3) is 0 Å². The van der Waals surface area contributed by atoms with E-state index < -0.39 is 0 Å². The summed E-state index contributed by atoms with van der Waals surface area (Å²) >= 11 is 1.91. The molecule has 5 heteroatoms. The minimum absolute atomic E-state index is 0. The number of piperidine rings is 1. The van der Waals surface area contributed by atoms with Crippen LogP contribution in [0.5, 0.6) is 0 Å². The highest BCUT2D eigenvalue weighted by molar-refractivity contribution is 7.98. The summed E-state index contributed by atoms with van der Waals surface area (Å²) in [6.07, 6.45) is 3.58. The normalized spacial score (nSPS) is 19.6. The van der Waals surface area contributed by atoms with Crippen molar-refractivity contribution in [3.8, 4) is 0 Å². The van der Waals surface area contributed by atoms with Gasteiger partial charge in [0, 0.05) is 31.0 Å². The van der Waals surface area contributed by atoms with Gasteiger partial charge in [-0.05, 0) is 54.7 Å². The number of hydrogen-bond acceptors (Lipinski definition) is 3. The molecule has 0 bridgehead atoms. The number of carbonyl (C=O) groups is 1. The Bertz CT molecular complexity index is 504. The summed E-state index contributed by atoms with van der Waals surface area (Å²) in [4.78, 5) is 14.7. The third kappa shape index (κ3) is 4.43. The number of rotatable bonds is 4. The van der Waals surface area contributed by atoms with Gasteiger partial charge in [-0.1, -0.05) is 19.1 Å². The Balaban J connectivity index is 0.00000192. The van der Waals surface area contributed by atoms with Crippen LogP contribution in [0.4, 0.5) is 0 Å². The van der Waals surface area contributed by atoms with Crippen molar-refractivity contribution in [1.29, 1.82) is 0 Å². The van der Waals surface area contributed by atoms with E-state index in [0.29, 0.717) is 5.41 Å². The van der Waals surface area contributed by atoms with E-state index in [4.69, 9.17) is 0 Å². The van der Waals surface area contributed by atoms with Crippen LogP contribution >= 0.6 is 24.2 Å². The number of carbonyl (C=O) groups excluding carboxylic acids is 1. The van der Waals surface area contributed by atoms with E-state index in [1.807, 2.05) is 28.8 Å². The predicted molar refractivity (Wildman–Crippen MR) is 101 cm³/mol. The van der Waals surface area contributed by atoms with Gasteiger partial charge in [0.25, 0.3) is 5.91 Å². The van der Waals surface area contributed by atoms with Crippen LogP contribution < -0.4 is 5.32 Å². The molecule has 2 fully saturated rings. The molecule has 1 aromatic carbocycles. The van der Waals surface area contributed by atoms with E-state index in [-0.39, 0.29) is 18.3 Å². The molecule has 23 heavy (non-hydrogen) atoms. The van der Waals surface area contributed by atoms with Crippen LogP contribution in [0.15, 0.2) is 24.3 Å². The zero-order valence-corrected chi connectivity index (χ0v) is 15.5. The van der Waals surface area contributed by atoms with E-state index in [2.05, 4.69) is 24.4 Å². The summed E-state index contributed by atoms with van der Waals surface area (Å²) in [6, 6.07) is 8.19. The van der Waals surface area contributed by atoms with Gasteiger partial charge in [0.1, 0.15) is 0 Å². The lowest BCUT2D eigenvalue weighted by atomic mass is 9.78. The topological polar surface area (TPSA) is 32.3 Å². The second kappa shape index (κ2) is 8.41. The van der Waals surface area contributed by atoms with E-state index in [0.717, 1.165) is 56.1 Å². The summed E-state index contributed by atoms with van der Waals surface area (Å²) in [6.45, 7) is 6.28. The lowest BCUT2D eigenvalue weighted by Crippen LogP contribution is -2.44. The monoisotopic (exact) mass is 354 g/mol. The lowest BCUT2D eigenvalue weighted by molar-refractivity contribution is 0.0607. The van der Waals surface area contributed by atoms with E-state index in [1.54, 1.807) is 0 Å². The second-order valence-electron chi connectivity index (χ2n) is 6.55. The molecule has 128 valence electrons. The van der Waals surface area contributed by atoms with Crippen LogP contribution in [0.1, 0.15) is 42.1 Å². The molecule has 2 aliphatic rings. The first-order valence-electron chi connectivity index (χ1n) is 8.39. The van der Waals surface area contributed by atoms with Crippen molar-refractivity contribution in [2.45, 2.75) is 31.9 Å². The third-order valence-corrected chi connectivity index (χ3v) is 6.06. The fourth-order valence-corrected chi connectivity index (χ4v) is 4.18. The van der Waals surface area contributed by atoms with Gasteiger partial charge < -0.3 is 10.2 Å². The van der Waals surface area contributed by atoms with Gasteiger partial charge in [-0.25, -0.2) is 0 Å². The van der Waals surface area contributed by atoms with Crippen LogP contribution in [-0.4, -0.2) is 42.7 Å². The number of nitrogens with one attached hydrogen (secondary N) is 1. The highest BCUT2D eigenvalue weighted by atomic mass is 35.5. The molecule has 1 aromatic rings. The summed E-state index contributed by atoms with van der Waals surface area (Å²) in [5.41, 5.74) is 2.61. The van der Waals surface area contributed by atoms with Gasteiger partial charge in [-0.2, -0.15) is 11.8 Å². The Morgan fingerprint density at radius 1 is 1.22 bits per heavy atom. The van der Waals surface area contributed by atoms with Crippen molar-refractivity contribution in [3.05, 3.63) is 35.4 Å². The molecular weight excluding hydrogens is 328 g/mol. The van der Waals surface area contributed by atoms with Gasteiger partial charge in [0.15, 0.2) is 0 Å². The molecule has 1 spiro atoms. The van der Waals surface area contributed by atoms with Crippen LogP contribution in [0.2, 0.25) is 0 Å². The first-order valence-corrected chi connectivity index (χ1v) is 9.55. The first kappa shape index (κ1) is 18.6. The summed E-state index contributed by atoms with van der Waals surface area (Å²) in [5, 5.41) is 3.48. The Kier molecular flexibility index (Phi) is 6.81. The average Bonchev–Trinajstić information content (AvgIpc) is 3.02. The minimum Gasteiger partial charge on any atom is -0.339 e. The zero-order valence-electron chi connectivity index (χ0n) is 13.8. The minimum atomic E-state index is 0. The van der Waals surface area contributed by atoms with Crippen molar-refractivity contribution in [2.24, 2.45) is 5.41 Å². The molecule has 0 radical (unpaired) electrons. The Morgan fingerprint density at radius 3 is 2.48 bits per heavy atom. The molecule has 0 aromatic heterocycles. The maximum atomic E-state index is 12.6. The average molecular weight is 355 g/mol. The van der Waals surface area contributed by atoms with E-state index in [9.17, 15) is 4.79 Å². The smallest absolute Gasteiger partial charge is 0.253 e. The standard InChI is InChI=1S/C18H26N2OS.ClH/c1-2-22-13-15-3-5-16(6-4-15)17(21)20-11-8-18(9-12-20)7-10-19-14-18;/h3-6,19H,2,7-14H2,1H3;1H. The predicted octanol–water partition coefficient (Wildman–Crippen LogP) is 3.58. The van der Waals surface area contributed by atoms with Gasteiger partial charge in [-0.3, -0.25) is 4.79 Å². The number of thioether (sulfide) groups is 1. The Hall–Kier alpha value is -0.710. The molecule has 3 nitrogen and oxygen atoms in total. The van der Waals surface area contributed by atoms with Crippen molar-refractivity contribution in [2.75, 3.05) is 31.9 Å². The maximum Gasteiger partial charge on any atom is 0.253 e. The third-order valence-electron chi connectivity index (χ3n) is 5.12. The summed E-state index contributed by atoms with van der Waals surface area (Å²) in [7, 11) is 0. The maximum absolute atomic E-state index is 12.6. The molecule has 0 unspecified atom stereocenters. The van der Waals surface area contributed by atoms with Gasteiger partial charge in [0.2, 0.25) is 0 Å². The van der Waals surface area contributed by atoms with E-state index >= 15 is 0 Å².